The number of likely N-dealkylation sites (N-methyl/N-ethyl adjacent to an activating group) is 1. The summed E-state index contributed by atoms with van der Waals surface area (Å²) in [6, 6.07) is 14.8. The quantitative estimate of drug-likeness (QED) is 0.203. The molecule has 0 aliphatic carbocycles. The summed E-state index contributed by atoms with van der Waals surface area (Å²) in [5.41, 5.74) is 2.11. The minimum atomic E-state index is -0.383. The van der Waals surface area contributed by atoms with Gasteiger partial charge in [0.05, 0.1) is 0 Å². The Morgan fingerprint density at radius 2 is 1.79 bits per heavy atom. The van der Waals surface area contributed by atoms with Crippen molar-refractivity contribution in [3.63, 3.8) is 0 Å². The van der Waals surface area contributed by atoms with Crippen LogP contribution in [0.4, 0.5) is 0 Å². The maximum atomic E-state index is 13.5. The van der Waals surface area contributed by atoms with Crippen molar-refractivity contribution in [3.8, 4) is 5.75 Å². The van der Waals surface area contributed by atoms with Crippen LogP contribution in [0.15, 0.2) is 65.0 Å². The van der Waals surface area contributed by atoms with Crippen molar-refractivity contribution in [1.29, 1.82) is 0 Å². The van der Waals surface area contributed by atoms with Crippen molar-refractivity contribution in [1.82, 2.24) is 14.7 Å². The van der Waals surface area contributed by atoms with Crippen LogP contribution >= 0.6 is 11.6 Å². The number of amides is 2. The van der Waals surface area contributed by atoms with Crippen molar-refractivity contribution in [2.24, 2.45) is 4.99 Å². The molecule has 0 atom stereocenters. The predicted octanol–water partition coefficient (Wildman–Crippen LogP) is 3.29. The van der Waals surface area contributed by atoms with Crippen molar-refractivity contribution < 1.29 is 19.4 Å². The number of aliphatic imine (C=N–C) groups is 1. The Balaban J connectivity index is 2.51. The summed E-state index contributed by atoms with van der Waals surface area (Å²) in [4.78, 5) is 33.5. The number of aliphatic hydroxyl groups is 1. The van der Waals surface area contributed by atoms with Gasteiger partial charge in [-0.15, -0.1) is 0 Å². The van der Waals surface area contributed by atoms with E-state index < -0.39 is 0 Å². The van der Waals surface area contributed by atoms with E-state index in [1.165, 1.54) is 16.8 Å². The van der Waals surface area contributed by atoms with Crippen LogP contribution in [0, 0.1) is 6.92 Å². The molecule has 0 unspecified atom stereocenters. The molecule has 2 aromatic carbocycles. The van der Waals surface area contributed by atoms with E-state index in [-0.39, 0.29) is 37.3 Å². The largest absolute Gasteiger partial charge is 0.473 e. The summed E-state index contributed by atoms with van der Waals surface area (Å²) in [5, 5.41) is 9.79. The van der Waals surface area contributed by atoms with Gasteiger partial charge in [0.15, 0.2) is 12.6 Å². The van der Waals surface area contributed by atoms with Gasteiger partial charge in [0.2, 0.25) is 6.41 Å². The van der Waals surface area contributed by atoms with Crippen LogP contribution in [0.1, 0.15) is 17.5 Å². The second-order valence-corrected chi connectivity index (χ2v) is 8.20. The highest BCUT2D eigenvalue weighted by atomic mass is 35.5. The van der Waals surface area contributed by atoms with E-state index in [0.717, 1.165) is 11.1 Å². The van der Waals surface area contributed by atoms with Gasteiger partial charge in [0.1, 0.15) is 11.4 Å². The van der Waals surface area contributed by atoms with E-state index in [9.17, 15) is 14.7 Å². The number of hydrogen-bond acceptors (Lipinski definition) is 6. The molecule has 2 rings (SSSR count). The van der Waals surface area contributed by atoms with Crippen LogP contribution < -0.4 is 4.74 Å². The molecule has 1 N–H and O–H groups in total. The topological polar surface area (TPSA) is 85.7 Å². The first-order valence-electron chi connectivity index (χ1n) is 10.7. The first kappa shape index (κ1) is 26.9. The molecule has 0 spiro atoms. The Hall–Kier alpha value is -3.36. The molecule has 182 valence electrons. The minimum Gasteiger partial charge on any atom is -0.473 e. The van der Waals surface area contributed by atoms with E-state index in [1.807, 2.05) is 43.3 Å². The van der Waals surface area contributed by atoms with Gasteiger partial charge in [-0.2, -0.15) is 0 Å². The van der Waals surface area contributed by atoms with Gasteiger partial charge in [0, 0.05) is 38.8 Å². The molecule has 8 nitrogen and oxygen atoms in total. The summed E-state index contributed by atoms with van der Waals surface area (Å²) in [7, 11) is 3.13. The van der Waals surface area contributed by atoms with Gasteiger partial charge >= 0.3 is 0 Å². The Bertz CT molecular complexity index is 993. The van der Waals surface area contributed by atoms with E-state index in [1.54, 1.807) is 24.1 Å². The SMILES string of the molecule is C=N/C(=C(/C(=O)N(C)CCCO)N(COc1ccc(C)cc1)Cc1ccc(Cl)cc1)N(C)C=O. The van der Waals surface area contributed by atoms with Gasteiger partial charge < -0.3 is 24.5 Å². The number of carbonyl (C=O) groups excluding carboxylic acids is 2. The van der Waals surface area contributed by atoms with E-state index in [0.29, 0.717) is 30.1 Å². The number of aryl methyl sites for hydroxylation is 1. The molecule has 2 amide bonds. The third kappa shape index (κ3) is 7.60. The highest BCUT2D eigenvalue weighted by Crippen LogP contribution is 2.22. The lowest BCUT2D eigenvalue weighted by molar-refractivity contribution is -0.128. The number of aliphatic hydroxyl groups excluding tert-OH is 1. The summed E-state index contributed by atoms with van der Waals surface area (Å²) in [6.07, 6.45) is 0.971. The molecule has 2 aromatic rings. The van der Waals surface area contributed by atoms with E-state index in [4.69, 9.17) is 16.3 Å². The molecule has 0 fully saturated rings. The fraction of sp³-hybridized carbons (Fsp3) is 0.320. The monoisotopic (exact) mass is 486 g/mol. The van der Waals surface area contributed by atoms with Gasteiger partial charge in [0.25, 0.3) is 5.91 Å². The fourth-order valence-electron chi connectivity index (χ4n) is 3.15. The third-order valence-corrected chi connectivity index (χ3v) is 5.32. The third-order valence-electron chi connectivity index (χ3n) is 5.07. The number of rotatable bonds is 13. The number of carbonyl (C=O) groups is 2. The molecule has 0 saturated carbocycles. The highest BCUT2D eigenvalue weighted by Gasteiger charge is 2.27. The van der Waals surface area contributed by atoms with Gasteiger partial charge in [-0.05, 0) is 49.9 Å². The maximum Gasteiger partial charge on any atom is 0.273 e. The Kier molecular flexibility index (Phi) is 10.6. The molecule has 9 heteroatoms. The molecule has 0 radical (unpaired) electrons. The van der Waals surface area contributed by atoms with Crippen LogP contribution in [0.3, 0.4) is 0 Å². The van der Waals surface area contributed by atoms with Crippen molar-refractivity contribution >= 4 is 30.6 Å². The first-order valence-corrected chi connectivity index (χ1v) is 11.1. The lowest BCUT2D eigenvalue weighted by Crippen LogP contribution is -2.41. The number of hydrogen-bond donors (Lipinski definition) is 1. The number of halogens is 1. The normalized spacial score (nSPS) is 11.3. The minimum absolute atomic E-state index is 0.00627. The van der Waals surface area contributed by atoms with Crippen molar-refractivity contribution in [2.45, 2.75) is 19.9 Å². The first-order chi connectivity index (χ1) is 16.3. The number of ether oxygens (including phenoxy) is 1. The van der Waals surface area contributed by atoms with Gasteiger partial charge in [-0.1, -0.05) is 41.4 Å². The summed E-state index contributed by atoms with van der Waals surface area (Å²) < 4.78 is 6.01. The average molecular weight is 487 g/mol. The second-order valence-electron chi connectivity index (χ2n) is 7.76. The number of nitrogens with zero attached hydrogens (tertiary/aromatic N) is 4. The zero-order valence-corrected chi connectivity index (χ0v) is 20.5. The lowest BCUT2D eigenvalue weighted by Gasteiger charge is -2.31. The molecule has 0 bridgehead atoms. The average Bonchev–Trinajstić information content (AvgIpc) is 2.85. The summed E-state index contributed by atoms with van der Waals surface area (Å²) in [6.45, 7) is 6.12. The van der Waals surface area contributed by atoms with Crippen molar-refractivity contribution in [2.75, 3.05) is 34.0 Å². The smallest absolute Gasteiger partial charge is 0.273 e. The standard InChI is InChI=1S/C25H31ClN4O4/c1-19-6-12-22(13-7-19)34-18-30(16-20-8-10-21(26)11-9-20)23(24(27-2)29(4)17-32)25(33)28(3)14-5-15-31/h6-13,17,31H,2,5,14-16,18H2,1,3-4H3/b24-23+. The zero-order valence-electron chi connectivity index (χ0n) is 19.8. The molecule has 0 aromatic heterocycles. The Labute approximate surface area is 205 Å². The van der Waals surface area contributed by atoms with E-state index >= 15 is 0 Å². The molecular weight excluding hydrogens is 456 g/mol. The lowest BCUT2D eigenvalue weighted by atomic mass is 10.2. The van der Waals surface area contributed by atoms with Crippen LogP contribution in [0.25, 0.3) is 0 Å². The molecule has 0 heterocycles. The summed E-state index contributed by atoms with van der Waals surface area (Å²) in [5.74, 6) is 0.340. The zero-order chi connectivity index (χ0) is 25.1. The molecule has 0 aliphatic heterocycles. The fourth-order valence-corrected chi connectivity index (χ4v) is 3.28. The number of benzene rings is 2. The van der Waals surface area contributed by atoms with Crippen molar-refractivity contribution in [3.05, 3.63) is 76.2 Å². The van der Waals surface area contributed by atoms with Crippen LogP contribution in [-0.4, -0.2) is 72.8 Å². The molecule has 34 heavy (non-hydrogen) atoms. The van der Waals surface area contributed by atoms with E-state index in [2.05, 4.69) is 11.7 Å². The Morgan fingerprint density at radius 1 is 1.15 bits per heavy atom. The molecule has 0 aliphatic rings. The molecule has 0 saturated heterocycles. The van der Waals surface area contributed by atoms with Crippen LogP contribution in [-0.2, 0) is 16.1 Å². The summed E-state index contributed by atoms with van der Waals surface area (Å²) >= 11 is 6.04. The van der Waals surface area contributed by atoms with Gasteiger partial charge in [-0.25, -0.2) is 4.99 Å². The Morgan fingerprint density at radius 3 is 2.35 bits per heavy atom. The highest BCUT2D eigenvalue weighted by molar-refractivity contribution is 6.30. The van der Waals surface area contributed by atoms with Crippen LogP contribution in [0.2, 0.25) is 5.02 Å². The second kappa shape index (κ2) is 13.4. The predicted molar refractivity (Wildman–Crippen MR) is 133 cm³/mol. The van der Waals surface area contributed by atoms with Crippen LogP contribution in [0.5, 0.6) is 5.75 Å². The maximum absolute atomic E-state index is 13.5. The molecular formula is C25H31ClN4O4. The van der Waals surface area contributed by atoms with Gasteiger partial charge in [-0.3, -0.25) is 9.59 Å².